The molecule has 2 N–H and O–H groups in total. The molecule has 0 aliphatic heterocycles. The van der Waals surface area contributed by atoms with E-state index in [4.69, 9.17) is 10.5 Å². The summed E-state index contributed by atoms with van der Waals surface area (Å²) in [7, 11) is 1.53. The second-order valence-electron chi connectivity index (χ2n) is 7.57. The summed E-state index contributed by atoms with van der Waals surface area (Å²) < 4.78 is 0. The highest BCUT2D eigenvalue weighted by Crippen LogP contribution is 2.28. The number of likely N-dealkylation sites (N-methyl/N-ethyl adjacent to an activating group) is 1. The van der Waals surface area contributed by atoms with Crippen molar-refractivity contribution < 1.29 is 9.59 Å². The Morgan fingerprint density at radius 1 is 0.818 bits per heavy atom. The van der Waals surface area contributed by atoms with Crippen LogP contribution in [0.3, 0.4) is 0 Å². The molecule has 164 valence electrons. The van der Waals surface area contributed by atoms with Gasteiger partial charge in [-0.25, -0.2) is 0 Å². The Bertz CT molecular complexity index is 1120. The number of benzene rings is 3. The number of rotatable bonds is 8. The Morgan fingerprint density at radius 2 is 1.30 bits per heavy atom. The van der Waals surface area contributed by atoms with E-state index in [1.54, 1.807) is 18.2 Å². The minimum absolute atomic E-state index is 0.120. The third-order valence-corrected chi connectivity index (χ3v) is 5.35. The third kappa shape index (κ3) is 5.84. The monoisotopic (exact) mass is 436 g/mol. The fraction of sp³-hybridized carbons (Fsp3) is 0.185. The van der Waals surface area contributed by atoms with Crippen LogP contribution in [0, 0.1) is 22.7 Å². The Kier molecular flexibility index (Phi) is 7.94. The molecule has 33 heavy (non-hydrogen) atoms. The van der Waals surface area contributed by atoms with Crippen molar-refractivity contribution in [1.29, 1.82) is 10.5 Å². The van der Waals surface area contributed by atoms with Gasteiger partial charge in [0, 0.05) is 18.5 Å². The lowest BCUT2D eigenvalue weighted by molar-refractivity contribution is -0.122. The maximum Gasteiger partial charge on any atom is 0.251 e. The van der Waals surface area contributed by atoms with Gasteiger partial charge in [0.1, 0.15) is 6.04 Å². The van der Waals surface area contributed by atoms with Crippen molar-refractivity contribution in [3.63, 3.8) is 0 Å². The molecule has 0 aromatic heterocycles. The maximum absolute atomic E-state index is 13.3. The molecule has 0 aliphatic carbocycles. The number of carbonyl (C=O) groups excluding carboxylic acids is 2. The molecular formula is C27H24N4O2. The summed E-state index contributed by atoms with van der Waals surface area (Å²) >= 11 is 0. The van der Waals surface area contributed by atoms with E-state index in [2.05, 4.69) is 22.8 Å². The second kappa shape index (κ2) is 11.3. The molecule has 0 fully saturated rings. The van der Waals surface area contributed by atoms with Gasteiger partial charge in [-0.2, -0.15) is 10.5 Å². The van der Waals surface area contributed by atoms with Crippen molar-refractivity contribution in [2.75, 3.05) is 7.05 Å². The van der Waals surface area contributed by atoms with Crippen LogP contribution in [0.1, 0.15) is 38.5 Å². The zero-order chi connectivity index (χ0) is 23.6. The highest BCUT2D eigenvalue weighted by molar-refractivity contribution is 5.98. The minimum Gasteiger partial charge on any atom is -0.357 e. The van der Waals surface area contributed by atoms with Crippen molar-refractivity contribution in [3.05, 3.63) is 107 Å². The maximum atomic E-state index is 13.3. The fourth-order valence-corrected chi connectivity index (χ4v) is 3.86. The van der Waals surface area contributed by atoms with Crippen molar-refractivity contribution >= 4 is 11.8 Å². The number of carbonyl (C=O) groups is 2. The molecule has 0 aliphatic rings. The molecule has 0 heterocycles. The van der Waals surface area contributed by atoms with E-state index in [0.29, 0.717) is 16.7 Å². The van der Waals surface area contributed by atoms with Gasteiger partial charge in [-0.3, -0.25) is 9.59 Å². The van der Waals surface area contributed by atoms with Gasteiger partial charge in [-0.1, -0.05) is 66.7 Å². The van der Waals surface area contributed by atoms with E-state index in [1.807, 2.05) is 60.7 Å². The smallest absolute Gasteiger partial charge is 0.251 e. The van der Waals surface area contributed by atoms with Crippen LogP contribution in [-0.2, 0) is 17.6 Å². The summed E-state index contributed by atoms with van der Waals surface area (Å²) in [6.45, 7) is 0. The highest BCUT2D eigenvalue weighted by atomic mass is 16.2. The number of nitrogens with zero attached hydrogens (tertiary/aromatic N) is 2. The number of hydrogen-bond donors (Lipinski definition) is 2. The zero-order valence-electron chi connectivity index (χ0n) is 18.3. The van der Waals surface area contributed by atoms with Crippen molar-refractivity contribution in [1.82, 2.24) is 10.6 Å². The lowest BCUT2D eigenvalue weighted by Gasteiger charge is -2.28. The number of nitrogens with one attached hydrogen (secondary N) is 2. The van der Waals surface area contributed by atoms with E-state index in [1.165, 1.54) is 7.05 Å². The van der Waals surface area contributed by atoms with Crippen molar-refractivity contribution in [2.45, 2.75) is 24.8 Å². The molecule has 0 saturated carbocycles. The van der Waals surface area contributed by atoms with E-state index in [-0.39, 0.29) is 18.7 Å². The summed E-state index contributed by atoms with van der Waals surface area (Å²) in [5, 5.41) is 23.7. The Morgan fingerprint density at radius 3 is 1.73 bits per heavy atom. The predicted molar refractivity (Wildman–Crippen MR) is 125 cm³/mol. The highest BCUT2D eigenvalue weighted by Gasteiger charge is 2.32. The molecule has 0 saturated heterocycles. The summed E-state index contributed by atoms with van der Waals surface area (Å²) in [5.41, 5.74) is 3.38. The Labute approximate surface area is 193 Å². The standard InChI is InChI=1S/C27H24N4O2/c1-30-27(33)25(24(21-8-4-2-5-9-21)22-10-6-3-7-11-22)31-26(32)23-17-19(12-14-28)16-20(18-23)13-15-29/h2-11,16-18,24-25H,12-13H2,1H3,(H,30,33)(H,31,32). The summed E-state index contributed by atoms with van der Waals surface area (Å²) in [5.74, 6) is -1.19. The van der Waals surface area contributed by atoms with Gasteiger partial charge < -0.3 is 10.6 Å². The summed E-state index contributed by atoms with van der Waals surface area (Å²) in [6.07, 6.45) is 0.240. The molecule has 6 nitrogen and oxygen atoms in total. The summed E-state index contributed by atoms with van der Waals surface area (Å²) in [4.78, 5) is 26.3. The van der Waals surface area contributed by atoms with Crippen LogP contribution in [0.4, 0.5) is 0 Å². The van der Waals surface area contributed by atoms with Crippen LogP contribution in [-0.4, -0.2) is 24.9 Å². The average Bonchev–Trinajstić information content (AvgIpc) is 2.84. The molecule has 6 heteroatoms. The summed E-state index contributed by atoms with van der Waals surface area (Å²) in [6, 6.07) is 27.4. The molecule has 0 spiro atoms. The Balaban J connectivity index is 2.03. The Hall–Kier alpha value is -4.42. The molecule has 1 unspecified atom stereocenters. The van der Waals surface area contributed by atoms with Gasteiger partial charge >= 0.3 is 0 Å². The van der Waals surface area contributed by atoms with Crippen molar-refractivity contribution in [3.8, 4) is 12.1 Å². The van der Waals surface area contributed by atoms with Crippen molar-refractivity contribution in [2.24, 2.45) is 0 Å². The van der Waals surface area contributed by atoms with Gasteiger partial charge in [-0.15, -0.1) is 0 Å². The first kappa shape index (κ1) is 23.2. The normalized spacial score (nSPS) is 11.2. The fourth-order valence-electron chi connectivity index (χ4n) is 3.86. The first-order valence-corrected chi connectivity index (χ1v) is 10.6. The molecule has 0 bridgehead atoms. The van der Waals surface area contributed by atoms with E-state index < -0.39 is 17.9 Å². The minimum atomic E-state index is -0.883. The van der Waals surface area contributed by atoms with Crippen LogP contribution in [0.25, 0.3) is 0 Å². The third-order valence-electron chi connectivity index (χ3n) is 5.35. The molecular weight excluding hydrogens is 412 g/mol. The molecule has 2 amide bonds. The quantitative estimate of drug-likeness (QED) is 0.564. The first-order valence-electron chi connectivity index (χ1n) is 10.6. The number of nitriles is 2. The lowest BCUT2D eigenvalue weighted by Crippen LogP contribution is -2.49. The van der Waals surface area contributed by atoms with Gasteiger partial charge in [0.2, 0.25) is 5.91 Å². The largest absolute Gasteiger partial charge is 0.357 e. The predicted octanol–water partition coefficient (Wildman–Crippen LogP) is 3.50. The molecule has 3 aromatic carbocycles. The average molecular weight is 437 g/mol. The number of amides is 2. The number of hydrogen-bond acceptors (Lipinski definition) is 4. The van der Waals surface area contributed by atoms with Gasteiger partial charge in [0.15, 0.2) is 0 Å². The SMILES string of the molecule is CNC(=O)C(NC(=O)c1cc(CC#N)cc(CC#N)c1)C(c1ccccc1)c1ccccc1. The topological polar surface area (TPSA) is 106 Å². The second-order valence-corrected chi connectivity index (χ2v) is 7.57. The first-order chi connectivity index (χ1) is 16.1. The van der Waals surface area contributed by atoms with Gasteiger partial charge in [0.25, 0.3) is 5.91 Å². The van der Waals surface area contributed by atoms with Crippen LogP contribution < -0.4 is 10.6 Å². The van der Waals surface area contributed by atoms with E-state index in [0.717, 1.165) is 11.1 Å². The van der Waals surface area contributed by atoms with Crippen LogP contribution >= 0.6 is 0 Å². The zero-order valence-corrected chi connectivity index (χ0v) is 18.3. The van der Waals surface area contributed by atoms with E-state index >= 15 is 0 Å². The van der Waals surface area contributed by atoms with E-state index in [9.17, 15) is 9.59 Å². The van der Waals surface area contributed by atoms with Gasteiger partial charge in [-0.05, 0) is 34.4 Å². The molecule has 3 aromatic rings. The van der Waals surface area contributed by atoms with Crippen LogP contribution in [0.2, 0.25) is 0 Å². The van der Waals surface area contributed by atoms with Crippen LogP contribution in [0.15, 0.2) is 78.9 Å². The lowest BCUT2D eigenvalue weighted by atomic mass is 9.84. The molecule has 1 atom stereocenters. The molecule has 0 radical (unpaired) electrons. The van der Waals surface area contributed by atoms with Gasteiger partial charge in [0.05, 0.1) is 25.0 Å². The molecule has 3 rings (SSSR count). The van der Waals surface area contributed by atoms with Crippen LogP contribution in [0.5, 0.6) is 0 Å².